The van der Waals surface area contributed by atoms with Crippen molar-refractivity contribution in [3.05, 3.63) is 46.5 Å². The van der Waals surface area contributed by atoms with Crippen LogP contribution >= 0.6 is 0 Å². The highest BCUT2D eigenvalue weighted by atomic mass is 16.5. The summed E-state index contributed by atoms with van der Waals surface area (Å²) in [4.78, 5) is 0. The van der Waals surface area contributed by atoms with Gasteiger partial charge in [-0.3, -0.25) is 0 Å². The first-order valence-electron chi connectivity index (χ1n) is 8.13. The fourth-order valence-corrected chi connectivity index (χ4v) is 3.58. The maximum atomic E-state index is 5.63. The molecule has 0 saturated carbocycles. The molecule has 0 atom stereocenters. The molecule has 0 amide bonds. The monoisotopic (exact) mass is 282 g/mol. The second-order valence-corrected chi connectivity index (χ2v) is 6.17. The van der Waals surface area contributed by atoms with Crippen molar-refractivity contribution < 1.29 is 9.47 Å². The van der Waals surface area contributed by atoms with Crippen molar-refractivity contribution in [3.8, 4) is 0 Å². The average Bonchev–Trinajstić information content (AvgIpc) is 2.70. The molecule has 0 spiro atoms. The predicted molar refractivity (Wildman–Crippen MR) is 85.0 cm³/mol. The van der Waals surface area contributed by atoms with Crippen molar-refractivity contribution in [2.45, 2.75) is 32.1 Å². The predicted octanol–water partition coefficient (Wildman–Crippen LogP) is 3.46. The van der Waals surface area contributed by atoms with Gasteiger partial charge >= 0.3 is 0 Å². The summed E-state index contributed by atoms with van der Waals surface area (Å²) in [7, 11) is 0. The molecule has 2 aromatic rings. The second kappa shape index (κ2) is 5.78. The van der Waals surface area contributed by atoms with Gasteiger partial charge in [0.1, 0.15) is 0 Å². The number of benzene rings is 2. The number of hydrogen-bond acceptors (Lipinski definition) is 2. The summed E-state index contributed by atoms with van der Waals surface area (Å²) in [5.41, 5.74) is 5.96. The first kappa shape index (κ1) is 13.3. The number of hydrogen-bond donors (Lipinski definition) is 0. The lowest BCUT2D eigenvalue weighted by molar-refractivity contribution is 0.131. The van der Waals surface area contributed by atoms with Crippen LogP contribution in [0.3, 0.4) is 0 Å². The molecule has 2 nitrogen and oxygen atoms in total. The van der Waals surface area contributed by atoms with E-state index in [9.17, 15) is 0 Å². The summed E-state index contributed by atoms with van der Waals surface area (Å²) >= 11 is 0. The third-order valence-corrected chi connectivity index (χ3v) is 4.76. The van der Waals surface area contributed by atoms with Crippen LogP contribution in [0, 0.1) is 0 Å². The van der Waals surface area contributed by atoms with Crippen LogP contribution in [0.2, 0.25) is 0 Å². The summed E-state index contributed by atoms with van der Waals surface area (Å²) in [5, 5.41) is 2.78. The highest BCUT2D eigenvalue weighted by molar-refractivity contribution is 5.86. The quantitative estimate of drug-likeness (QED) is 0.736. The van der Waals surface area contributed by atoms with Gasteiger partial charge in [0.15, 0.2) is 0 Å². The molecule has 2 heteroatoms. The fraction of sp³-hybridized carbons (Fsp3) is 0.474. The number of rotatable bonds is 0. The molecule has 0 unspecified atom stereocenters. The van der Waals surface area contributed by atoms with Crippen LogP contribution in [0.15, 0.2) is 24.3 Å². The van der Waals surface area contributed by atoms with Crippen molar-refractivity contribution in [2.24, 2.45) is 0 Å². The van der Waals surface area contributed by atoms with E-state index >= 15 is 0 Å². The molecule has 2 aromatic carbocycles. The minimum atomic E-state index is 0.858. The van der Waals surface area contributed by atoms with Crippen LogP contribution in [0.25, 0.3) is 10.8 Å². The van der Waals surface area contributed by atoms with Gasteiger partial charge in [-0.2, -0.15) is 0 Å². The van der Waals surface area contributed by atoms with Crippen molar-refractivity contribution in [2.75, 3.05) is 26.4 Å². The Morgan fingerprint density at radius 2 is 0.952 bits per heavy atom. The van der Waals surface area contributed by atoms with Crippen LogP contribution in [-0.4, -0.2) is 26.4 Å². The Kier molecular flexibility index (Phi) is 3.66. The Morgan fingerprint density at radius 1 is 0.524 bits per heavy atom. The zero-order valence-corrected chi connectivity index (χ0v) is 12.5. The third kappa shape index (κ3) is 2.70. The maximum absolute atomic E-state index is 5.63. The Hall–Kier alpha value is -1.38. The molecule has 4 rings (SSSR count). The Labute approximate surface area is 126 Å². The van der Waals surface area contributed by atoms with Gasteiger partial charge < -0.3 is 9.47 Å². The topological polar surface area (TPSA) is 18.5 Å². The molecule has 2 aliphatic heterocycles. The summed E-state index contributed by atoms with van der Waals surface area (Å²) < 4.78 is 11.3. The molecular weight excluding hydrogens is 260 g/mol. The van der Waals surface area contributed by atoms with E-state index in [0.29, 0.717) is 0 Å². The van der Waals surface area contributed by atoms with Gasteiger partial charge in [0.05, 0.1) is 19.8 Å². The Balaban J connectivity index is 1.82. The summed E-state index contributed by atoms with van der Waals surface area (Å²) in [6.07, 6.45) is 5.43. The van der Waals surface area contributed by atoms with Gasteiger partial charge in [0, 0.05) is 6.61 Å². The molecule has 21 heavy (non-hydrogen) atoms. The van der Waals surface area contributed by atoms with E-state index in [4.69, 9.17) is 9.47 Å². The minimum absolute atomic E-state index is 0.858. The van der Waals surface area contributed by atoms with E-state index in [0.717, 1.165) is 58.5 Å². The smallest absolute Gasteiger partial charge is 0.0506 e. The van der Waals surface area contributed by atoms with Crippen molar-refractivity contribution >= 4 is 10.8 Å². The fourth-order valence-electron chi connectivity index (χ4n) is 3.58. The number of fused-ring (bicyclic) bond motifs is 3. The van der Waals surface area contributed by atoms with Gasteiger partial charge in [-0.25, -0.2) is 0 Å². The van der Waals surface area contributed by atoms with Crippen LogP contribution in [0.5, 0.6) is 0 Å². The lowest BCUT2D eigenvalue weighted by atomic mass is 9.92. The number of aryl methyl sites for hydroxylation is 1. The first-order valence-corrected chi connectivity index (χ1v) is 8.13. The second-order valence-electron chi connectivity index (χ2n) is 6.17. The van der Waals surface area contributed by atoms with Gasteiger partial charge in [-0.15, -0.1) is 0 Å². The molecule has 0 radical (unpaired) electrons. The van der Waals surface area contributed by atoms with Gasteiger partial charge in [0.25, 0.3) is 0 Å². The van der Waals surface area contributed by atoms with Crippen LogP contribution in [-0.2, 0) is 35.2 Å². The zero-order valence-electron chi connectivity index (χ0n) is 12.5. The lowest BCUT2D eigenvalue weighted by Gasteiger charge is -2.16. The molecule has 0 bridgehead atoms. The summed E-state index contributed by atoms with van der Waals surface area (Å²) in [6, 6.07) is 9.60. The molecular formula is C19H22O2. The normalized spacial score (nSPS) is 19.2. The van der Waals surface area contributed by atoms with E-state index in [-0.39, 0.29) is 0 Å². The third-order valence-electron chi connectivity index (χ3n) is 4.76. The largest absolute Gasteiger partial charge is 0.381 e. The molecule has 0 aliphatic carbocycles. The van der Waals surface area contributed by atoms with E-state index in [2.05, 4.69) is 24.3 Å². The van der Waals surface area contributed by atoms with Crippen molar-refractivity contribution in [1.29, 1.82) is 0 Å². The highest BCUT2D eigenvalue weighted by Crippen LogP contribution is 2.27. The standard InChI is InChI=1S/C19H22O2/c1-2-14-10-18-12-16-4-8-21-9-5-17(16)13-19(18)11-15(14)3-7-20-6-1/h10-13H,1-9H2. The maximum Gasteiger partial charge on any atom is 0.0506 e. The molecule has 110 valence electrons. The van der Waals surface area contributed by atoms with Crippen LogP contribution in [0.4, 0.5) is 0 Å². The SMILES string of the molecule is c1c2c(cc3cc4c(cc13)CCOCC4)CCOCCC2. The molecule has 0 aromatic heterocycles. The van der Waals surface area contributed by atoms with E-state index < -0.39 is 0 Å². The average molecular weight is 282 g/mol. The van der Waals surface area contributed by atoms with Crippen molar-refractivity contribution in [1.82, 2.24) is 0 Å². The van der Waals surface area contributed by atoms with Gasteiger partial charge in [-0.1, -0.05) is 24.3 Å². The van der Waals surface area contributed by atoms with Crippen molar-refractivity contribution in [3.63, 3.8) is 0 Å². The minimum Gasteiger partial charge on any atom is -0.381 e. The molecule has 2 aliphatic rings. The van der Waals surface area contributed by atoms with Gasteiger partial charge in [0.2, 0.25) is 0 Å². The summed E-state index contributed by atoms with van der Waals surface area (Å²) in [6.45, 7) is 3.48. The van der Waals surface area contributed by atoms with Gasteiger partial charge in [-0.05, 0) is 65.1 Å². The zero-order chi connectivity index (χ0) is 14.1. The van der Waals surface area contributed by atoms with E-state index in [1.807, 2.05) is 0 Å². The van der Waals surface area contributed by atoms with E-state index in [1.54, 1.807) is 0 Å². The molecule has 0 N–H and O–H groups in total. The Bertz CT molecular complexity index is 604. The van der Waals surface area contributed by atoms with Crippen LogP contribution < -0.4 is 0 Å². The first-order chi connectivity index (χ1) is 10.4. The molecule has 2 heterocycles. The van der Waals surface area contributed by atoms with E-state index in [1.165, 1.54) is 33.0 Å². The lowest BCUT2D eigenvalue weighted by Crippen LogP contribution is -2.08. The summed E-state index contributed by atoms with van der Waals surface area (Å²) in [5.74, 6) is 0. The number of ether oxygens (including phenoxy) is 2. The Morgan fingerprint density at radius 3 is 1.48 bits per heavy atom. The molecule has 0 fully saturated rings. The molecule has 0 saturated heterocycles. The highest BCUT2D eigenvalue weighted by Gasteiger charge is 2.12. The van der Waals surface area contributed by atoms with Crippen LogP contribution in [0.1, 0.15) is 28.7 Å².